The van der Waals surface area contributed by atoms with Crippen LogP contribution in [0.2, 0.25) is 0 Å². The summed E-state index contributed by atoms with van der Waals surface area (Å²) in [6, 6.07) is 0. The molecule has 1 aliphatic rings. The van der Waals surface area contributed by atoms with E-state index in [-0.39, 0.29) is 0 Å². The SMILES string of the molecule is C#CC(=C)C=C1CCCC1. The molecule has 10 heavy (non-hydrogen) atoms. The van der Waals surface area contributed by atoms with E-state index in [2.05, 4.69) is 12.5 Å². The van der Waals surface area contributed by atoms with Gasteiger partial charge < -0.3 is 0 Å². The third-order valence-corrected chi connectivity index (χ3v) is 1.81. The Morgan fingerprint density at radius 1 is 1.50 bits per heavy atom. The van der Waals surface area contributed by atoms with Crippen molar-refractivity contribution >= 4 is 0 Å². The minimum Gasteiger partial charge on any atom is -0.115 e. The van der Waals surface area contributed by atoms with Crippen LogP contribution in [-0.2, 0) is 0 Å². The van der Waals surface area contributed by atoms with Crippen LogP contribution in [0.15, 0.2) is 23.8 Å². The van der Waals surface area contributed by atoms with Crippen LogP contribution in [0.1, 0.15) is 25.7 Å². The predicted molar refractivity (Wildman–Crippen MR) is 44.5 cm³/mol. The van der Waals surface area contributed by atoms with E-state index in [1.165, 1.54) is 31.3 Å². The van der Waals surface area contributed by atoms with E-state index in [1.807, 2.05) is 6.08 Å². The summed E-state index contributed by atoms with van der Waals surface area (Å²) in [5.41, 5.74) is 2.29. The van der Waals surface area contributed by atoms with Crippen molar-refractivity contribution in [3.63, 3.8) is 0 Å². The van der Waals surface area contributed by atoms with E-state index in [0.717, 1.165) is 5.57 Å². The van der Waals surface area contributed by atoms with Gasteiger partial charge in [0.2, 0.25) is 0 Å². The number of allylic oxidation sites excluding steroid dienone is 3. The van der Waals surface area contributed by atoms with Crippen LogP contribution in [0, 0.1) is 12.3 Å². The van der Waals surface area contributed by atoms with E-state index >= 15 is 0 Å². The maximum Gasteiger partial charge on any atom is 0.0170 e. The molecule has 0 N–H and O–H groups in total. The average Bonchev–Trinajstić information content (AvgIpc) is 2.40. The van der Waals surface area contributed by atoms with Crippen LogP contribution in [-0.4, -0.2) is 0 Å². The molecule has 0 heterocycles. The Labute approximate surface area is 62.6 Å². The Balaban J connectivity index is 2.55. The lowest BCUT2D eigenvalue weighted by molar-refractivity contribution is 0.886. The Morgan fingerprint density at radius 2 is 2.10 bits per heavy atom. The molecule has 0 atom stereocenters. The maximum atomic E-state index is 5.16. The first kappa shape index (κ1) is 7.15. The van der Waals surface area contributed by atoms with Crippen molar-refractivity contribution in [2.45, 2.75) is 25.7 Å². The van der Waals surface area contributed by atoms with Gasteiger partial charge in [-0.05, 0) is 31.8 Å². The lowest BCUT2D eigenvalue weighted by Crippen LogP contribution is -1.73. The Morgan fingerprint density at radius 3 is 2.60 bits per heavy atom. The van der Waals surface area contributed by atoms with Gasteiger partial charge in [0.05, 0.1) is 0 Å². The Kier molecular flexibility index (Phi) is 2.34. The Bertz CT molecular complexity index is 193. The predicted octanol–water partition coefficient (Wildman–Crippen LogP) is 2.68. The van der Waals surface area contributed by atoms with Gasteiger partial charge in [-0.1, -0.05) is 18.1 Å². The molecule has 1 rings (SSSR count). The Hall–Kier alpha value is -0.960. The second-order valence-electron chi connectivity index (χ2n) is 2.68. The second-order valence-corrected chi connectivity index (χ2v) is 2.68. The van der Waals surface area contributed by atoms with Gasteiger partial charge in [0.1, 0.15) is 0 Å². The molecule has 0 nitrogen and oxygen atoms in total. The molecule has 0 aromatic heterocycles. The first-order valence-electron chi connectivity index (χ1n) is 3.68. The molecular weight excluding hydrogens is 120 g/mol. The highest BCUT2D eigenvalue weighted by molar-refractivity contribution is 5.35. The first-order chi connectivity index (χ1) is 4.83. The van der Waals surface area contributed by atoms with Gasteiger partial charge in [-0.3, -0.25) is 0 Å². The standard InChI is InChI=1S/C10H12/c1-3-9(2)8-10-6-4-5-7-10/h1,8H,2,4-7H2. The third kappa shape index (κ3) is 1.77. The fourth-order valence-electron chi connectivity index (χ4n) is 1.26. The van der Waals surface area contributed by atoms with Crippen molar-refractivity contribution < 1.29 is 0 Å². The van der Waals surface area contributed by atoms with Crippen LogP contribution in [0.3, 0.4) is 0 Å². The van der Waals surface area contributed by atoms with Crippen LogP contribution in [0.5, 0.6) is 0 Å². The van der Waals surface area contributed by atoms with E-state index in [0.29, 0.717) is 0 Å². The van der Waals surface area contributed by atoms with E-state index in [9.17, 15) is 0 Å². The molecule has 0 heteroatoms. The number of hydrogen-bond acceptors (Lipinski definition) is 0. The summed E-state index contributed by atoms with van der Waals surface area (Å²) in [6.45, 7) is 3.72. The molecule has 1 aliphatic carbocycles. The maximum absolute atomic E-state index is 5.16. The minimum atomic E-state index is 0.817. The molecule has 0 amide bonds. The molecule has 0 saturated heterocycles. The second kappa shape index (κ2) is 3.27. The molecule has 0 aromatic rings. The highest BCUT2D eigenvalue weighted by Gasteiger charge is 2.05. The van der Waals surface area contributed by atoms with Gasteiger partial charge in [-0.25, -0.2) is 0 Å². The van der Waals surface area contributed by atoms with Gasteiger partial charge in [0.25, 0.3) is 0 Å². The third-order valence-electron chi connectivity index (χ3n) is 1.81. The first-order valence-corrected chi connectivity index (χ1v) is 3.68. The normalized spacial score (nSPS) is 16.5. The number of hydrogen-bond donors (Lipinski definition) is 0. The van der Waals surface area contributed by atoms with Gasteiger partial charge in [-0.15, -0.1) is 6.42 Å². The summed E-state index contributed by atoms with van der Waals surface area (Å²) < 4.78 is 0. The zero-order valence-electron chi connectivity index (χ0n) is 6.19. The summed E-state index contributed by atoms with van der Waals surface area (Å²) in [6.07, 6.45) is 12.3. The monoisotopic (exact) mass is 132 g/mol. The highest BCUT2D eigenvalue weighted by Crippen LogP contribution is 2.24. The van der Waals surface area contributed by atoms with Crippen LogP contribution in [0.4, 0.5) is 0 Å². The van der Waals surface area contributed by atoms with Gasteiger partial charge in [0, 0.05) is 5.57 Å². The van der Waals surface area contributed by atoms with Gasteiger partial charge >= 0.3 is 0 Å². The summed E-state index contributed by atoms with van der Waals surface area (Å²) in [5, 5.41) is 0. The van der Waals surface area contributed by atoms with Crippen molar-refractivity contribution in [3.05, 3.63) is 23.8 Å². The van der Waals surface area contributed by atoms with Crippen LogP contribution in [0.25, 0.3) is 0 Å². The van der Waals surface area contributed by atoms with E-state index < -0.39 is 0 Å². The van der Waals surface area contributed by atoms with E-state index in [4.69, 9.17) is 6.42 Å². The molecule has 0 spiro atoms. The minimum absolute atomic E-state index is 0.817. The van der Waals surface area contributed by atoms with Crippen molar-refractivity contribution in [1.82, 2.24) is 0 Å². The molecule has 0 aliphatic heterocycles. The van der Waals surface area contributed by atoms with Crippen molar-refractivity contribution in [2.75, 3.05) is 0 Å². The van der Waals surface area contributed by atoms with Gasteiger partial charge in [-0.2, -0.15) is 0 Å². The fourth-order valence-corrected chi connectivity index (χ4v) is 1.26. The smallest absolute Gasteiger partial charge is 0.0170 e. The van der Waals surface area contributed by atoms with Gasteiger partial charge in [0.15, 0.2) is 0 Å². The number of terminal acetylenes is 1. The zero-order chi connectivity index (χ0) is 7.40. The molecule has 0 unspecified atom stereocenters. The van der Waals surface area contributed by atoms with Crippen LogP contribution < -0.4 is 0 Å². The summed E-state index contributed by atoms with van der Waals surface area (Å²) in [4.78, 5) is 0. The molecule has 0 radical (unpaired) electrons. The molecule has 0 aromatic carbocycles. The summed E-state index contributed by atoms with van der Waals surface area (Å²) in [7, 11) is 0. The molecule has 52 valence electrons. The quantitative estimate of drug-likeness (QED) is 0.481. The fraction of sp³-hybridized carbons (Fsp3) is 0.400. The largest absolute Gasteiger partial charge is 0.115 e. The zero-order valence-corrected chi connectivity index (χ0v) is 6.19. The summed E-state index contributed by atoms with van der Waals surface area (Å²) >= 11 is 0. The molecular formula is C10H12. The number of rotatable bonds is 1. The average molecular weight is 132 g/mol. The van der Waals surface area contributed by atoms with Crippen molar-refractivity contribution in [1.29, 1.82) is 0 Å². The highest BCUT2D eigenvalue weighted by atomic mass is 14.1. The molecule has 1 fully saturated rings. The summed E-state index contributed by atoms with van der Waals surface area (Å²) in [5.74, 6) is 2.52. The molecule has 1 saturated carbocycles. The topological polar surface area (TPSA) is 0 Å². The molecule has 0 bridgehead atoms. The van der Waals surface area contributed by atoms with Crippen LogP contribution >= 0.6 is 0 Å². The lowest BCUT2D eigenvalue weighted by Gasteiger charge is -1.91. The van der Waals surface area contributed by atoms with Crippen molar-refractivity contribution in [2.24, 2.45) is 0 Å². The van der Waals surface area contributed by atoms with Crippen molar-refractivity contribution in [3.8, 4) is 12.3 Å². The lowest BCUT2D eigenvalue weighted by atomic mass is 10.1. The van der Waals surface area contributed by atoms with E-state index in [1.54, 1.807) is 0 Å².